The Balaban J connectivity index is 1.36. The molecule has 1 aromatic heterocycles. The van der Waals surface area contributed by atoms with Crippen LogP contribution in [-0.4, -0.2) is 54.4 Å². The smallest absolute Gasteiger partial charge is 0.323 e. The monoisotopic (exact) mass is 456 g/mol. The first-order valence-electron chi connectivity index (χ1n) is 9.89. The first kappa shape index (κ1) is 21.4. The molecule has 0 radical (unpaired) electrons. The van der Waals surface area contributed by atoms with Crippen LogP contribution in [0.3, 0.4) is 0 Å². The number of urea groups is 1. The summed E-state index contributed by atoms with van der Waals surface area (Å²) in [5.41, 5.74) is 2.92. The number of amides is 2. The summed E-state index contributed by atoms with van der Waals surface area (Å²) < 4.78 is 0. The largest absolute Gasteiger partial charge is 0.353 e. The van der Waals surface area contributed by atoms with Gasteiger partial charge in [-0.2, -0.15) is 0 Å². The zero-order valence-electron chi connectivity index (χ0n) is 17.0. The van der Waals surface area contributed by atoms with Crippen molar-refractivity contribution in [2.45, 2.75) is 0 Å². The number of anilines is 3. The molecule has 1 saturated heterocycles. The van der Waals surface area contributed by atoms with Crippen LogP contribution >= 0.6 is 23.2 Å². The van der Waals surface area contributed by atoms with Gasteiger partial charge in [0.1, 0.15) is 0 Å². The number of hydrogen-bond donors (Lipinski definition) is 2. The summed E-state index contributed by atoms with van der Waals surface area (Å²) in [6.07, 6.45) is 0. The van der Waals surface area contributed by atoms with Gasteiger partial charge in [-0.05, 0) is 49.5 Å². The molecule has 0 aliphatic carbocycles. The van der Waals surface area contributed by atoms with Crippen LogP contribution in [0.2, 0.25) is 10.0 Å². The predicted molar refractivity (Wildman–Crippen MR) is 126 cm³/mol. The quantitative estimate of drug-likeness (QED) is 0.586. The highest BCUT2D eigenvalue weighted by Crippen LogP contribution is 2.25. The number of likely N-dealkylation sites (N-methyl/N-ethyl adjacent to an activating group) is 1. The number of nitrogens with one attached hydrogen (secondary N) is 2. The molecule has 1 fully saturated rings. The maximum absolute atomic E-state index is 12.2. The maximum atomic E-state index is 12.2. The van der Waals surface area contributed by atoms with Crippen molar-refractivity contribution in [3.63, 3.8) is 0 Å². The molecule has 0 unspecified atom stereocenters. The van der Waals surface area contributed by atoms with Crippen molar-refractivity contribution in [2.75, 3.05) is 48.8 Å². The number of benzene rings is 2. The third-order valence-corrected chi connectivity index (χ3v) is 5.83. The molecule has 2 N–H and O–H groups in total. The Hall–Kier alpha value is -2.87. The average molecular weight is 457 g/mol. The topological polar surface area (TPSA) is 73.4 Å². The van der Waals surface area contributed by atoms with Crippen LogP contribution in [0, 0.1) is 0 Å². The maximum Gasteiger partial charge on any atom is 0.323 e. The summed E-state index contributed by atoms with van der Waals surface area (Å²) in [7, 11) is 2.13. The minimum atomic E-state index is -0.373. The molecule has 7 nitrogen and oxygen atoms in total. The van der Waals surface area contributed by atoms with Gasteiger partial charge in [-0.3, -0.25) is 0 Å². The molecule has 2 amide bonds. The normalized spacial score (nSPS) is 14.4. The summed E-state index contributed by atoms with van der Waals surface area (Å²) in [6.45, 7) is 3.96. The summed E-state index contributed by atoms with van der Waals surface area (Å²) in [4.78, 5) is 16.8. The molecule has 0 saturated carbocycles. The second-order valence-corrected chi connectivity index (χ2v) is 8.17. The predicted octanol–water partition coefficient (Wildman–Crippen LogP) is 4.85. The fourth-order valence-corrected chi connectivity index (χ4v) is 3.57. The molecule has 3 aromatic rings. The van der Waals surface area contributed by atoms with Gasteiger partial charge in [0.25, 0.3) is 0 Å². The molecule has 2 heterocycles. The number of nitrogens with zero attached hydrogens (tertiary/aromatic N) is 4. The number of rotatable bonds is 4. The Morgan fingerprint density at radius 3 is 2.16 bits per heavy atom. The van der Waals surface area contributed by atoms with E-state index in [4.69, 9.17) is 23.2 Å². The lowest BCUT2D eigenvalue weighted by molar-refractivity contribution is 0.262. The van der Waals surface area contributed by atoms with Crippen LogP contribution in [0.15, 0.2) is 54.6 Å². The molecular formula is C22H22Cl2N6O. The zero-order valence-corrected chi connectivity index (χ0v) is 18.5. The highest BCUT2D eigenvalue weighted by molar-refractivity contribution is 6.42. The molecule has 0 atom stereocenters. The van der Waals surface area contributed by atoms with Crippen LogP contribution in [-0.2, 0) is 0 Å². The molecule has 1 aliphatic heterocycles. The van der Waals surface area contributed by atoms with E-state index >= 15 is 0 Å². The lowest BCUT2D eigenvalue weighted by Crippen LogP contribution is -2.44. The van der Waals surface area contributed by atoms with Crippen LogP contribution in [0.5, 0.6) is 0 Å². The first-order valence-corrected chi connectivity index (χ1v) is 10.6. The van der Waals surface area contributed by atoms with E-state index in [0.29, 0.717) is 21.4 Å². The molecule has 0 spiro atoms. The number of aromatic nitrogens is 2. The SMILES string of the molecule is CN1CCN(c2ccc(-c3ccc(NC(=O)Nc4ccc(Cl)c(Cl)c4)cc3)nn2)CC1. The number of halogens is 2. The minimum absolute atomic E-state index is 0.373. The Labute approximate surface area is 191 Å². The summed E-state index contributed by atoms with van der Waals surface area (Å²) in [5, 5.41) is 15.1. The van der Waals surface area contributed by atoms with Crippen molar-refractivity contribution in [1.29, 1.82) is 0 Å². The first-order chi connectivity index (χ1) is 15.0. The van der Waals surface area contributed by atoms with Crippen molar-refractivity contribution in [1.82, 2.24) is 15.1 Å². The van der Waals surface area contributed by atoms with Gasteiger partial charge in [0, 0.05) is 43.1 Å². The van der Waals surface area contributed by atoms with Crippen LogP contribution in [0.4, 0.5) is 22.0 Å². The zero-order chi connectivity index (χ0) is 21.8. The molecule has 1 aliphatic rings. The fourth-order valence-electron chi connectivity index (χ4n) is 3.28. The molecule has 2 aromatic carbocycles. The van der Waals surface area contributed by atoms with E-state index in [1.54, 1.807) is 18.2 Å². The van der Waals surface area contributed by atoms with Gasteiger partial charge in [0.2, 0.25) is 0 Å². The molecule has 9 heteroatoms. The van der Waals surface area contributed by atoms with Crippen molar-refractivity contribution < 1.29 is 4.79 Å². The number of piperazine rings is 1. The van der Waals surface area contributed by atoms with Gasteiger partial charge in [-0.15, -0.1) is 10.2 Å². The second kappa shape index (κ2) is 9.51. The van der Waals surface area contributed by atoms with Gasteiger partial charge in [0.05, 0.1) is 15.7 Å². The fraction of sp³-hybridized carbons (Fsp3) is 0.227. The third-order valence-electron chi connectivity index (χ3n) is 5.09. The summed E-state index contributed by atoms with van der Waals surface area (Å²) >= 11 is 11.9. The van der Waals surface area contributed by atoms with Crippen LogP contribution < -0.4 is 15.5 Å². The van der Waals surface area contributed by atoms with Crippen molar-refractivity contribution in [2.24, 2.45) is 0 Å². The van der Waals surface area contributed by atoms with Gasteiger partial charge >= 0.3 is 6.03 Å². The molecule has 4 rings (SSSR count). The summed E-state index contributed by atoms with van der Waals surface area (Å²) in [5.74, 6) is 0.897. The van der Waals surface area contributed by atoms with Gasteiger partial charge in [-0.1, -0.05) is 35.3 Å². The van der Waals surface area contributed by atoms with Crippen molar-refractivity contribution in [3.8, 4) is 11.3 Å². The Morgan fingerprint density at radius 1 is 0.839 bits per heavy atom. The molecule has 0 bridgehead atoms. The number of carbonyl (C=O) groups excluding carboxylic acids is 1. The van der Waals surface area contributed by atoms with E-state index in [1.807, 2.05) is 36.4 Å². The highest BCUT2D eigenvalue weighted by atomic mass is 35.5. The van der Waals surface area contributed by atoms with E-state index in [-0.39, 0.29) is 6.03 Å². The minimum Gasteiger partial charge on any atom is -0.353 e. The van der Waals surface area contributed by atoms with E-state index in [1.165, 1.54) is 0 Å². The van der Waals surface area contributed by atoms with Crippen molar-refractivity contribution in [3.05, 3.63) is 64.6 Å². The standard InChI is InChI=1S/C22H22Cl2N6O/c1-29-10-12-30(13-11-29)21-9-8-20(27-28-21)15-2-4-16(5-3-15)25-22(31)26-17-6-7-18(23)19(24)14-17/h2-9,14H,10-13H2,1H3,(H2,25,26,31). The average Bonchev–Trinajstić information content (AvgIpc) is 2.77. The lowest BCUT2D eigenvalue weighted by atomic mass is 10.1. The van der Waals surface area contributed by atoms with E-state index < -0.39 is 0 Å². The summed E-state index contributed by atoms with van der Waals surface area (Å²) in [6, 6.07) is 15.9. The Morgan fingerprint density at radius 2 is 1.52 bits per heavy atom. The third kappa shape index (κ3) is 5.44. The van der Waals surface area contributed by atoms with Crippen molar-refractivity contribution >= 4 is 46.4 Å². The Kier molecular flexibility index (Phi) is 6.56. The Bertz CT molecular complexity index is 1050. The van der Waals surface area contributed by atoms with Gasteiger partial charge < -0.3 is 20.4 Å². The van der Waals surface area contributed by atoms with Gasteiger partial charge in [0.15, 0.2) is 5.82 Å². The molecule has 160 valence electrons. The number of carbonyl (C=O) groups is 1. The van der Waals surface area contributed by atoms with Crippen LogP contribution in [0.1, 0.15) is 0 Å². The van der Waals surface area contributed by atoms with E-state index in [2.05, 4.69) is 37.7 Å². The highest BCUT2D eigenvalue weighted by Gasteiger charge is 2.15. The number of hydrogen-bond acceptors (Lipinski definition) is 5. The lowest BCUT2D eigenvalue weighted by Gasteiger charge is -2.32. The van der Waals surface area contributed by atoms with E-state index in [0.717, 1.165) is 43.3 Å². The second-order valence-electron chi connectivity index (χ2n) is 7.35. The van der Waals surface area contributed by atoms with Gasteiger partial charge in [-0.25, -0.2) is 4.79 Å². The molecule has 31 heavy (non-hydrogen) atoms. The molecular weight excluding hydrogens is 435 g/mol. The van der Waals surface area contributed by atoms with Crippen LogP contribution in [0.25, 0.3) is 11.3 Å². The van der Waals surface area contributed by atoms with E-state index in [9.17, 15) is 4.79 Å².